The summed E-state index contributed by atoms with van der Waals surface area (Å²) >= 11 is 0. The van der Waals surface area contributed by atoms with Gasteiger partial charge in [-0.05, 0) is 57.2 Å². The van der Waals surface area contributed by atoms with Crippen molar-refractivity contribution in [1.82, 2.24) is 9.80 Å². The SMILES string of the molecule is CCN1CCOc2ccccc2CCCCC2(CN(C(=O)c3oc4c(F)cccc4c3C)CCO2)C1=O. The Balaban J connectivity index is 1.41. The molecule has 1 aromatic heterocycles. The molecule has 2 amide bonds. The van der Waals surface area contributed by atoms with Gasteiger partial charge in [0.05, 0.1) is 19.7 Å². The van der Waals surface area contributed by atoms with Crippen molar-refractivity contribution >= 4 is 22.8 Å². The Morgan fingerprint density at radius 1 is 1.08 bits per heavy atom. The number of likely N-dealkylation sites (N-methyl/N-ethyl adjacent to an activating group) is 1. The lowest BCUT2D eigenvalue weighted by Crippen LogP contribution is -2.62. The summed E-state index contributed by atoms with van der Waals surface area (Å²) in [4.78, 5) is 30.9. The first kappa shape index (κ1) is 25.3. The summed E-state index contributed by atoms with van der Waals surface area (Å²) in [6.07, 6.45) is 2.96. The fourth-order valence-electron chi connectivity index (χ4n) is 5.44. The molecule has 2 aromatic carbocycles. The van der Waals surface area contributed by atoms with Gasteiger partial charge < -0.3 is 23.7 Å². The van der Waals surface area contributed by atoms with Crippen LogP contribution >= 0.6 is 0 Å². The second-order valence-electron chi connectivity index (χ2n) is 9.79. The van der Waals surface area contributed by atoms with E-state index < -0.39 is 11.4 Å². The molecule has 0 N–H and O–H groups in total. The highest BCUT2D eigenvalue weighted by molar-refractivity contribution is 5.99. The molecule has 0 radical (unpaired) electrons. The minimum absolute atomic E-state index is 0.0749. The van der Waals surface area contributed by atoms with E-state index in [1.807, 2.05) is 25.1 Å². The number of amides is 2. The Kier molecular flexibility index (Phi) is 7.20. The van der Waals surface area contributed by atoms with Gasteiger partial charge in [-0.3, -0.25) is 9.59 Å². The third kappa shape index (κ3) is 4.82. The zero-order valence-corrected chi connectivity index (χ0v) is 21.4. The van der Waals surface area contributed by atoms with Crippen molar-refractivity contribution in [3.05, 3.63) is 65.2 Å². The number of benzene rings is 2. The topological polar surface area (TPSA) is 72.2 Å². The highest BCUT2D eigenvalue weighted by Crippen LogP contribution is 2.32. The molecule has 0 saturated carbocycles. The Labute approximate surface area is 216 Å². The number of furan rings is 1. The van der Waals surface area contributed by atoms with Gasteiger partial charge >= 0.3 is 0 Å². The first-order valence-corrected chi connectivity index (χ1v) is 13.0. The van der Waals surface area contributed by atoms with Crippen molar-refractivity contribution in [3.63, 3.8) is 0 Å². The predicted molar refractivity (Wildman–Crippen MR) is 137 cm³/mol. The molecule has 1 atom stereocenters. The number of fused-ring (bicyclic) bond motifs is 2. The smallest absolute Gasteiger partial charge is 0.290 e. The van der Waals surface area contributed by atoms with Gasteiger partial charge in [-0.15, -0.1) is 0 Å². The van der Waals surface area contributed by atoms with Crippen LogP contribution in [0.25, 0.3) is 11.0 Å². The van der Waals surface area contributed by atoms with Gasteiger partial charge in [-0.25, -0.2) is 4.39 Å². The molecule has 2 aliphatic heterocycles. The molecule has 0 aliphatic carbocycles. The first-order valence-electron chi connectivity index (χ1n) is 13.0. The average molecular weight is 509 g/mol. The van der Waals surface area contributed by atoms with Crippen molar-refractivity contribution in [1.29, 1.82) is 0 Å². The van der Waals surface area contributed by atoms with Gasteiger partial charge in [0.25, 0.3) is 11.8 Å². The minimum Gasteiger partial charge on any atom is -0.491 e. The van der Waals surface area contributed by atoms with E-state index in [9.17, 15) is 14.0 Å². The maximum atomic E-state index is 14.3. The summed E-state index contributed by atoms with van der Waals surface area (Å²) < 4.78 is 32.3. The second-order valence-corrected chi connectivity index (χ2v) is 9.79. The average Bonchev–Trinajstić information content (AvgIpc) is 3.26. The number of carbonyl (C=O) groups is 2. The lowest BCUT2D eigenvalue weighted by Gasteiger charge is -2.43. The van der Waals surface area contributed by atoms with E-state index in [1.54, 1.807) is 28.9 Å². The van der Waals surface area contributed by atoms with Crippen molar-refractivity contribution in [2.24, 2.45) is 0 Å². The maximum Gasteiger partial charge on any atom is 0.290 e. The van der Waals surface area contributed by atoms with Crippen molar-refractivity contribution < 1.29 is 27.9 Å². The molecular formula is C29H33FN2O5. The highest BCUT2D eigenvalue weighted by atomic mass is 19.1. The number of rotatable bonds is 2. The van der Waals surface area contributed by atoms with Gasteiger partial charge in [0.15, 0.2) is 22.8 Å². The lowest BCUT2D eigenvalue weighted by molar-refractivity contribution is -0.170. The van der Waals surface area contributed by atoms with E-state index in [4.69, 9.17) is 13.9 Å². The van der Waals surface area contributed by atoms with Crippen LogP contribution in [0.1, 0.15) is 47.9 Å². The Morgan fingerprint density at radius 2 is 1.92 bits per heavy atom. The summed E-state index contributed by atoms with van der Waals surface area (Å²) in [5.74, 6) is -0.0120. The summed E-state index contributed by atoms with van der Waals surface area (Å²) in [5, 5.41) is 0.575. The number of morpholine rings is 1. The van der Waals surface area contributed by atoms with Crippen LogP contribution in [0.2, 0.25) is 0 Å². The standard InChI is InChI=1S/C29H33FN2O5/c1-3-31-15-17-35-24-13-5-4-9-21(24)10-6-7-14-29(28(31)34)19-32(16-18-36-29)27(33)25-20(2)22-11-8-12-23(30)26(22)37-25/h4-5,8-9,11-13H,3,6-7,10,14-19H2,1-2H3. The predicted octanol–water partition coefficient (Wildman–Crippen LogP) is 4.75. The third-order valence-corrected chi connectivity index (χ3v) is 7.51. The summed E-state index contributed by atoms with van der Waals surface area (Å²) in [6.45, 7) is 5.68. The van der Waals surface area contributed by atoms with E-state index in [2.05, 4.69) is 6.07 Å². The highest BCUT2D eigenvalue weighted by Gasteiger charge is 2.47. The van der Waals surface area contributed by atoms with E-state index in [-0.39, 0.29) is 36.3 Å². The maximum absolute atomic E-state index is 14.3. The molecule has 1 fully saturated rings. The Morgan fingerprint density at radius 3 is 2.73 bits per heavy atom. The first-order chi connectivity index (χ1) is 17.9. The van der Waals surface area contributed by atoms with Crippen LogP contribution in [0.4, 0.5) is 4.39 Å². The van der Waals surface area contributed by atoms with Crippen LogP contribution in [0.15, 0.2) is 46.9 Å². The number of nitrogens with zero attached hydrogens (tertiary/aromatic N) is 2. The van der Waals surface area contributed by atoms with Gasteiger partial charge in [0.1, 0.15) is 12.4 Å². The van der Waals surface area contributed by atoms with Gasteiger partial charge in [0, 0.05) is 24.0 Å². The van der Waals surface area contributed by atoms with Gasteiger partial charge in [0.2, 0.25) is 0 Å². The molecule has 0 bridgehead atoms. The molecule has 7 nitrogen and oxygen atoms in total. The minimum atomic E-state index is -1.15. The number of aryl methyl sites for hydroxylation is 2. The summed E-state index contributed by atoms with van der Waals surface area (Å²) in [5.41, 5.74) is 0.677. The van der Waals surface area contributed by atoms with Crippen LogP contribution in [0, 0.1) is 12.7 Å². The largest absolute Gasteiger partial charge is 0.491 e. The summed E-state index contributed by atoms with van der Waals surface area (Å²) in [6, 6.07) is 12.7. The molecule has 37 heavy (non-hydrogen) atoms. The molecular weight excluding hydrogens is 475 g/mol. The van der Waals surface area contributed by atoms with Crippen molar-refractivity contribution in [3.8, 4) is 5.75 Å². The van der Waals surface area contributed by atoms with Crippen LogP contribution in [0.5, 0.6) is 5.75 Å². The molecule has 5 rings (SSSR count). The molecule has 1 saturated heterocycles. The van der Waals surface area contributed by atoms with Crippen LogP contribution in [0.3, 0.4) is 0 Å². The van der Waals surface area contributed by atoms with E-state index in [0.717, 1.165) is 30.6 Å². The zero-order chi connectivity index (χ0) is 26.0. The number of para-hydroxylation sites is 2. The fraction of sp³-hybridized carbons (Fsp3) is 0.448. The number of hydrogen-bond acceptors (Lipinski definition) is 5. The second kappa shape index (κ2) is 10.5. The molecule has 3 heterocycles. The number of halogens is 1. The summed E-state index contributed by atoms with van der Waals surface area (Å²) in [7, 11) is 0. The van der Waals surface area contributed by atoms with E-state index in [0.29, 0.717) is 43.6 Å². The molecule has 3 aromatic rings. The van der Waals surface area contributed by atoms with Crippen LogP contribution in [-0.4, -0.2) is 66.6 Å². The Bertz CT molecular complexity index is 1300. The van der Waals surface area contributed by atoms with E-state index >= 15 is 0 Å². The monoisotopic (exact) mass is 508 g/mol. The van der Waals surface area contributed by atoms with Crippen molar-refractivity contribution in [2.75, 3.05) is 39.4 Å². The number of hydrogen-bond donors (Lipinski definition) is 0. The number of ether oxygens (including phenoxy) is 2. The number of carbonyl (C=O) groups excluding carboxylic acids is 2. The van der Waals surface area contributed by atoms with Crippen molar-refractivity contribution in [2.45, 2.75) is 45.1 Å². The van der Waals surface area contributed by atoms with Crippen LogP contribution < -0.4 is 4.74 Å². The van der Waals surface area contributed by atoms with Gasteiger partial charge in [-0.2, -0.15) is 0 Å². The quantitative estimate of drug-likeness (QED) is 0.500. The van der Waals surface area contributed by atoms with E-state index in [1.165, 1.54) is 6.07 Å². The Hall–Kier alpha value is -3.39. The lowest BCUT2D eigenvalue weighted by atomic mass is 9.90. The normalized spacial score (nSPS) is 21.3. The third-order valence-electron chi connectivity index (χ3n) is 7.51. The molecule has 2 aliphatic rings. The molecule has 1 unspecified atom stereocenters. The fourth-order valence-corrected chi connectivity index (χ4v) is 5.44. The zero-order valence-electron chi connectivity index (χ0n) is 21.4. The van der Waals surface area contributed by atoms with Crippen LogP contribution in [-0.2, 0) is 16.0 Å². The molecule has 196 valence electrons. The molecule has 1 spiro atoms. The van der Waals surface area contributed by atoms with Gasteiger partial charge in [-0.1, -0.05) is 30.3 Å². The molecule has 8 heteroatoms.